The maximum Gasteiger partial charge on any atom is 0.0486 e. The van der Waals surface area contributed by atoms with Crippen LogP contribution in [0.2, 0.25) is 5.02 Å². The van der Waals surface area contributed by atoms with Crippen LogP contribution in [0.3, 0.4) is 0 Å². The number of nitrogens with zero attached hydrogens (tertiary/aromatic N) is 1. The molecule has 96 valence electrons. The van der Waals surface area contributed by atoms with E-state index in [0.29, 0.717) is 6.04 Å². The Labute approximate surface area is 113 Å². The molecule has 1 N–H and O–H groups in total. The summed E-state index contributed by atoms with van der Waals surface area (Å²) < 4.78 is 2.40. The number of rotatable bonds is 4. The third-order valence-corrected chi connectivity index (χ3v) is 3.78. The Kier molecular flexibility index (Phi) is 3.08. The lowest BCUT2D eigenvalue weighted by Crippen LogP contribution is -2.18. The van der Waals surface area contributed by atoms with Crippen molar-refractivity contribution in [2.45, 2.75) is 45.3 Å². The van der Waals surface area contributed by atoms with E-state index in [0.717, 1.165) is 17.6 Å². The maximum absolute atomic E-state index is 6.07. The number of nitrogens with one attached hydrogen (secondary N) is 1. The van der Waals surface area contributed by atoms with Gasteiger partial charge in [-0.25, -0.2) is 0 Å². The van der Waals surface area contributed by atoms with E-state index in [9.17, 15) is 0 Å². The van der Waals surface area contributed by atoms with E-state index in [-0.39, 0.29) is 0 Å². The first-order valence-corrected chi connectivity index (χ1v) is 7.05. The highest BCUT2D eigenvalue weighted by Crippen LogP contribution is 2.27. The van der Waals surface area contributed by atoms with Gasteiger partial charge in [0.15, 0.2) is 0 Å². The SMILES string of the molecule is CC(C)n1c(CNC2CC2)cc2cc(Cl)ccc21. The second-order valence-electron chi connectivity index (χ2n) is 5.46. The average molecular weight is 263 g/mol. The summed E-state index contributed by atoms with van der Waals surface area (Å²) >= 11 is 6.07. The van der Waals surface area contributed by atoms with E-state index in [1.807, 2.05) is 6.07 Å². The van der Waals surface area contributed by atoms with Crippen molar-refractivity contribution in [3.05, 3.63) is 35.0 Å². The predicted molar refractivity (Wildman–Crippen MR) is 77.2 cm³/mol. The highest BCUT2D eigenvalue weighted by Gasteiger charge is 2.21. The van der Waals surface area contributed by atoms with Crippen molar-refractivity contribution in [1.29, 1.82) is 0 Å². The second kappa shape index (κ2) is 4.60. The van der Waals surface area contributed by atoms with Gasteiger partial charge in [0.1, 0.15) is 0 Å². The van der Waals surface area contributed by atoms with Crippen molar-refractivity contribution in [2.24, 2.45) is 0 Å². The normalized spacial score (nSPS) is 15.8. The molecule has 2 nitrogen and oxygen atoms in total. The monoisotopic (exact) mass is 262 g/mol. The molecule has 2 aromatic rings. The lowest BCUT2D eigenvalue weighted by Gasteiger charge is -2.15. The first-order valence-electron chi connectivity index (χ1n) is 6.68. The number of fused-ring (bicyclic) bond motifs is 1. The zero-order valence-electron chi connectivity index (χ0n) is 10.9. The highest BCUT2D eigenvalue weighted by atomic mass is 35.5. The van der Waals surface area contributed by atoms with Crippen molar-refractivity contribution >= 4 is 22.5 Å². The Morgan fingerprint density at radius 2 is 2.11 bits per heavy atom. The van der Waals surface area contributed by atoms with Crippen molar-refractivity contribution in [2.75, 3.05) is 0 Å². The lowest BCUT2D eigenvalue weighted by atomic mass is 10.2. The van der Waals surface area contributed by atoms with E-state index in [4.69, 9.17) is 11.6 Å². The molecule has 1 saturated carbocycles. The van der Waals surface area contributed by atoms with Crippen LogP contribution >= 0.6 is 11.6 Å². The van der Waals surface area contributed by atoms with Crippen molar-refractivity contribution in [3.8, 4) is 0 Å². The molecule has 18 heavy (non-hydrogen) atoms. The molecule has 1 aromatic heterocycles. The summed E-state index contributed by atoms with van der Waals surface area (Å²) in [5, 5.41) is 5.64. The number of hydrogen-bond donors (Lipinski definition) is 1. The average Bonchev–Trinajstić information content (AvgIpc) is 3.06. The second-order valence-corrected chi connectivity index (χ2v) is 5.89. The molecule has 0 radical (unpaired) electrons. The van der Waals surface area contributed by atoms with Gasteiger partial charge in [-0.05, 0) is 51.0 Å². The number of halogens is 1. The highest BCUT2D eigenvalue weighted by molar-refractivity contribution is 6.31. The first-order chi connectivity index (χ1) is 8.65. The maximum atomic E-state index is 6.07. The molecule has 0 atom stereocenters. The van der Waals surface area contributed by atoms with Crippen LogP contribution in [0.1, 0.15) is 38.4 Å². The molecule has 0 aliphatic heterocycles. The summed E-state index contributed by atoms with van der Waals surface area (Å²) in [6, 6.07) is 9.62. The zero-order chi connectivity index (χ0) is 12.7. The molecule has 3 rings (SSSR count). The van der Waals surface area contributed by atoms with Crippen LogP contribution in [-0.4, -0.2) is 10.6 Å². The van der Waals surface area contributed by atoms with Crippen LogP contribution < -0.4 is 5.32 Å². The van der Waals surface area contributed by atoms with Crippen LogP contribution in [0.15, 0.2) is 24.3 Å². The fraction of sp³-hybridized carbons (Fsp3) is 0.467. The molecule has 0 saturated heterocycles. The summed E-state index contributed by atoms with van der Waals surface area (Å²) in [6.07, 6.45) is 2.65. The Morgan fingerprint density at radius 3 is 2.78 bits per heavy atom. The summed E-state index contributed by atoms with van der Waals surface area (Å²) in [7, 11) is 0. The number of aromatic nitrogens is 1. The summed E-state index contributed by atoms with van der Waals surface area (Å²) in [5.41, 5.74) is 2.64. The summed E-state index contributed by atoms with van der Waals surface area (Å²) in [6.45, 7) is 5.42. The quantitative estimate of drug-likeness (QED) is 0.877. The zero-order valence-corrected chi connectivity index (χ0v) is 11.7. The smallest absolute Gasteiger partial charge is 0.0486 e. The minimum Gasteiger partial charge on any atom is -0.341 e. The molecule has 1 aromatic carbocycles. The standard InChI is InChI=1S/C15H19ClN2/c1-10(2)18-14(9-17-13-4-5-13)8-11-7-12(16)3-6-15(11)18/h3,6-8,10,13,17H,4-5,9H2,1-2H3. The predicted octanol–water partition coefficient (Wildman–Crippen LogP) is 4.13. The molecular formula is C15H19ClN2. The van der Waals surface area contributed by atoms with Crippen molar-refractivity contribution in [3.63, 3.8) is 0 Å². The van der Waals surface area contributed by atoms with Gasteiger partial charge in [0.25, 0.3) is 0 Å². The minimum atomic E-state index is 0.472. The van der Waals surface area contributed by atoms with Gasteiger partial charge in [0.2, 0.25) is 0 Å². The molecule has 0 bridgehead atoms. The molecular weight excluding hydrogens is 244 g/mol. The number of hydrogen-bond acceptors (Lipinski definition) is 1. The fourth-order valence-electron chi connectivity index (χ4n) is 2.55. The molecule has 0 unspecified atom stereocenters. The van der Waals surface area contributed by atoms with Gasteiger partial charge >= 0.3 is 0 Å². The summed E-state index contributed by atoms with van der Waals surface area (Å²) in [4.78, 5) is 0. The van der Waals surface area contributed by atoms with Gasteiger partial charge in [-0.1, -0.05) is 11.6 Å². The van der Waals surface area contributed by atoms with Gasteiger partial charge in [-0.3, -0.25) is 0 Å². The van der Waals surface area contributed by atoms with Gasteiger partial charge in [-0.15, -0.1) is 0 Å². The fourth-order valence-corrected chi connectivity index (χ4v) is 2.73. The van der Waals surface area contributed by atoms with Gasteiger partial charge in [0.05, 0.1) is 0 Å². The molecule has 1 heterocycles. The molecule has 1 aliphatic rings. The molecule has 1 aliphatic carbocycles. The molecule has 0 spiro atoms. The van der Waals surface area contributed by atoms with Crippen LogP contribution in [0.25, 0.3) is 10.9 Å². The van der Waals surface area contributed by atoms with Crippen LogP contribution in [0.4, 0.5) is 0 Å². The molecule has 3 heteroatoms. The van der Waals surface area contributed by atoms with E-state index < -0.39 is 0 Å². The van der Waals surface area contributed by atoms with Crippen LogP contribution in [-0.2, 0) is 6.54 Å². The van der Waals surface area contributed by atoms with Crippen LogP contribution in [0.5, 0.6) is 0 Å². The van der Waals surface area contributed by atoms with E-state index in [2.05, 4.69) is 41.9 Å². The van der Waals surface area contributed by atoms with Crippen LogP contribution in [0, 0.1) is 0 Å². The van der Waals surface area contributed by atoms with E-state index >= 15 is 0 Å². The third kappa shape index (κ3) is 2.27. The Bertz CT molecular complexity index is 567. The molecule has 1 fully saturated rings. The van der Waals surface area contributed by atoms with Gasteiger partial charge in [-0.2, -0.15) is 0 Å². The Hall–Kier alpha value is -0.990. The minimum absolute atomic E-state index is 0.472. The van der Waals surface area contributed by atoms with Crippen molar-refractivity contribution < 1.29 is 0 Å². The topological polar surface area (TPSA) is 17.0 Å². The van der Waals surface area contributed by atoms with Gasteiger partial charge < -0.3 is 9.88 Å². The Balaban J connectivity index is 2.01. The number of benzene rings is 1. The van der Waals surface area contributed by atoms with E-state index in [1.54, 1.807) is 0 Å². The van der Waals surface area contributed by atoms with Gasteiger partial charge in [0, 0.05) is 40.2 Å². The first kappa shape index (κ1) is 12.1. The lowest BCUT2D eigenvalue weighted by molar-refractivity contribution is 0.565. The van der Waals surface area contributed by atoms with Crippen molar-refractivity contribution in [1.82, 2.24) is 9.88 Å². The third-order valence-electron chi connectivity index (χ3n) is 3.55. The largest absolute Gasteiger partial charge is 0.341 e. The Morgan fingerprint density at radius 1 is 1.33 bits per heavy atom. The van der Waals surface area contributed by atoms with E-state index in [1.165, 1.54) is 29.4 Å². The molecule has 0 amide bonds. The summed E-state index contributed by atoms with van der Waals surface area (Å²) in [5.74, 6) is 0.